The van der Waals surface area contributed by atoms with Crippen molar-refractivity contribution in [1.29, 1.82) is 0 Å². The van der Waals surface area contributed by atoms with E-state index >= 15 is 0 Å². The highest BCUT2D eigenvalue weighted by Crippen LogP contribution is 2.32. The number of aliphatic hydroxyl groups is 1. The van der Waals surface area contributed by atoms with Crippen molar-refractivity contribution in [3.63, 3.8) is 0 Å². The molecule has 1 aliphatic rings. The SMILES string of the molecule is CCNC(C)c1cccc(F)c1N1CCC(O)C(C)C1. The lowest BCUT2D eigenvalue weighted by Gasteiger charge is -2.37. The van der Waals surface area contributed by atoms with E-state index < -0.39 is 0 Å². The number of hydrogen-bond donors (Lipinski definition) is 2. The zero-order valence-corrected chi connectivity index (χ0v) is 12.6. The summed E-state index contributed by atoms with van der Waals surface area (Å²) >= 11 is 0. The van der Waals surface area contributed by atoms with Crippen LogP contribution in [0.2, 0.25) is 0 Å². The number of piperidine rings is 1. The normalized spacial score (nSPS) is 24.8. The summed E-state index contributed by atoms with van der Waals surface area (Å²) in [4.78, 5) is 2.08. The number of hydrogen-bond acceptors (Lipinski definition) is 3. The fourth-order valence-corrected chi connectivity index (χ4v) is 2.97. The Hall–Kier alpha value is -1.13. The van der Waals surface area contributed by atoms with Gasteiger partial charge in [-0.3, -0.25) is 0 Å². The van der Waals surface area contributed by atoms with Crippen molar-refractivity contribution in [3.8, 4) is 0 Å². The van der Waals surface area contributed by atoms with Gasteiger partial charge in [0.15, 0.2) is 0 Å². The van der Waals surface area contributed by atoms with Crippen LogP contribution in [0.15, 0.2) is 18.2 Å². The second kappa shape index (κ2) is 6.55. The molecule has 3 nitrogen and oxygen atoms in total. The second-order valence-electron chi connectivity index (χ2n) is 5.74. The third kappa shape index (κ3) is 3.13. The number of para-hydroxylation sites is 1. The largest absolute Gasteiger partial charge is 0.393 e. The molecule has 1 fully saturated rings. The van der Waals surface area contributed by atoms with Crippen LogP contribution < -0.4 is 10.2 Å². The molecule has 1 aromatic carbocycles. The lowest BCUT2D eigenvalue weighted by atomic mass is 9.94. The summed E-state index contributed by atoms with van der Waals surface area (Å²) in [5.74, 6) is 0.00138. The zero-order valence-electron chi connectivity index (χ0n) is 12.6. The molecule has 2 N–H and O–H groups in total. The number of aliphatic hydroxyl groups excluding tert-OH is 1. The molecule has 0 aliphatic carbocycles. The maximum Gasteiger partial charge on any atom is 0.146 e. The standard InChI is InChI=1S/C16H25FN2O/c1-4-18-12(3)13-6-5-7-14(17)16(13)19-9-8-15(20)11(2)10-19/h5-7,11-12,15,18,20H,4,8-10H2,1-3H3. The van der Waals surface area contributed by atoms with Gasteiger partial charge in [-0.2, -0.15) is 0 Å². The Kier molecular flexibility index (Phi) is 5.00. The summed E-state index contributed by atoms with van der Waals surface area (Å²) in [6.07, 6.45) is 0.428. The molecular formula is C16H25FN2O. The molecule has 1 aromatic rings. The van der Waals surface area contributed by atoms with E-state index in [0.717, 1.165) is 12.1 Å². The molecule has 0 spiro atoms. The Morgan fingerprint density at radius 1 is 1.50 bits per heavy atom. The van der Waals surface area contributed by atoms with Gasteiger partial charge in [0.25, 0.3) is 0 Å². The van der Waals surface area contributed by atoms with Gasteiger partial charge in [0.2, 0.25) is 0 Å². The van der Waals surface area contributed by atoms with Gasteiger partial charge >= 0.3 is 0 Å². The van der Waals surface area contributed by atoms with Gasteiger partial charge in [-0.15, -0.1) is 0 Å². The van der Waals surface area contributed by atoms with E-state index in [2.05, 4.69) is 24.1 Å². The van der Waals surface area contributed by atoms with Crippen LogP contribution in [0, 0.1) is 11.7 Å². The van der Waals surface area contributed by atoms with Crippen LogP contribution in [-0.2, 0) is 0 Å². The maximum atomic E-state index is 14.3. The highest BCUT2D eigenvalue weighted by atomic mass is 19.1. The average Bonchev–Trinajstić information content (AvgIpc) is 2.42. The van der Waals surface area contributed by atoms with E-state index in [1.54, 1.807) is 6.07 Å². The van der Waals surface area contributed by atoms with Crippen LogP contribution in [0.5, 0.6) is 0 Å². The minimum Gasteiger partial charge on any atom is -0.393 e. The first-order chi connectivity index (χ1) is 9.54. The lowest BCUT2D eigenvalue weighted by molar-refractivity contribution is 0.0968. The van der Waals surface area contributed by atoms with Crippen molar-refractivity contribution in [2.75, 3.05) is 24.5 Å². The molecule has 2 rings (SSSR count). The summed E-state index contributed by atoms with van der Waals surface area (Å²) in [5, 5.41) is 13.2. The molecule has 3 atom stereocenters. The van der Waals surface area contributed by atoms with Gasteiger partial charge in [0, 0.05) is 19.1 Å². The van der Waals surface area contributed by atoms with E-state index in [0.29, 0.717) is 25.2 Å². The highest BCUT2D eigenvalue weighted by Gasteiger charge is 2.28. The van der Waals surface area contributed by atoms with E-state index in [9.17, 15) is 9.50 Å². The van der Waals surface area contributed by atoms with E-state index in [4.69, 9.17) is 0 Å². The van der Waals surface area contributed by atoms with Gasteiger partial charge in [0.1, 0.15) is 5.82 Å². The Balaban J connectivity index is 2.30. The van der Waals surface area contributed by atoms with Crippen molar-refractivity contribution in [3.05, 3.63) is 29.6 Å². The van der Waals surface area contributed by atoms with Crippen LogP contribution in [-0.4, -0.2) is 30.8 Å². The first kappa shape index (κ1) is 15.3. The predicted molar refractivity (Wildman–Crippen MR) is 80.5 cm³/mol. The molecule has 4 heteroatoms. The molecule has 0 bridgehead atoms. The summed E-state index contributed by atoms with van der Waals surface area (Å²) in [7, 11) is 0. The van der Waals surface area contributed by atoms with E-state index in [1.807, 2.05) is 13.0 Å². The smallest absolute Gasteiger partial charge is 0.146 e. The topological polar surface area (TPSA) is 35.5 Å². The minimum atomic E-state index is -0.271. The molecule has 1 heterocycles. The van der Waals surface area contributed by atoms with Crippen LogP contribution in [0.3, 0.4) is 0 Å². The first-order valence-corrected chi connectivity index (χ1v) is 7.49. The molecule has 20 heavy (non-hydrogen) atoms. The molecular weight excluding hydrogens is 255 g/mol. The zero-order chi connectivity index (χ0) is 14.7. The molecule has 0 saturated carbocycles. The van der Waals surface area contributed by atoms with E-state index in [-0.39, 0.29) is 23.9 Å². The Morgan fingerprint density at radius 3 is 2.90 bits per heavy atom. The van der Waals surface area contributed by atoms with Crippen molar-refractivity contribution in [2.45, 2.75) is 39.3 Å². The fraction of sp³-hybridized carbons (Fsp3) is 0.625. The number of anilines is 1. The predicted octanol–water partition coefficient (Wildman–Crippen LogP) is 2.70. The van der Waals surface area contributed by atoms with Gasteiger partial charge in [-0.1, -0.05) is 26.0 Å². The first-order valence-electron chi connectivity index (χ1n) is 7.49. The minimum absolute atomic E-state index is 0.118. The summed E-state index contributed by atoms with van der Waals surface area (Å²) in [5.41, 5.74) is 1.69. The van der Waals surface area contributed by atoms with Crippen molar-refractivity contribution in [1.82, 2.24) is 5.32 Å². The van der Waals surface area contributed by atoms with Gasteiger partial charge in [0.05, 0.1) is 11.8 Å². The molecule has 0 aromatic heterocycles. The Labute approximate surface area is 120 Å². The van der Waals surface area contributed by atoms with E-state index in [1.165, 1.54) is 6.07 Å². The van der Waals surface area contributed by atoms with Crippen molar-refractivity contribution in [2.24, 2.45) is 5.92 Å². The van der Waals surface area contributed by atoms with Crippen molar-refractivity contribution >= 4 is 5.69 Å². The summed E-state index contributed by atoms with van der Waals surface area (Å²) < 4.78 is 14.3. The Bertz CT molecular complexity index is 452. The third-order valence-corrected chi connectivity index (χ3v) is 4.17. The summed E-state index contributed by atoms with van der Waals surface area (Å²) in [6.45, 7) is 8.39. The number of nitrogens with zero attached hydrogens (tertiary/aromatic N) is 1. The van der Waals surface area contributed by atoms with Crippen LogP contribution in [0.4, 0.5) is 10.1 Å². The van der Waals surface area contributed by atoms with Gasteiger partial charge < -0.3 is 15.3 Å². The van der Waals surface area contributed by atoms with Crippen LogP contribution >= 0.6 is 0 Å². The number of benzene rings is 1. The Morgan fingerprint density at radius 2 is 2.25 bits per heavy atom. The number of rotatable bonds is 4. The van der Waals surface area contributed by atoms with Crippen LogP contribution in [0.1, 0.15) is 38.8 Å². The van der Waals surface area contributed by atoms with Gasteiger partial charge in [-0.25, -0.2) is 4.39 Å². The molecule has 0 radical (unpaired) electrons. The van der Waals surface area contributed by atoms with Crippen molar-refractivity contribution < 1.29 is 9.50 Å². The fourth-order valence-electron chi connectivity index (χ4n) is 2.97. The quantitative estimate of drug-likeness (QED) is 0.890. The second-order valence-corrected chi connectivity index (χ2v) is 5.74. The monoisotopic (exact) mass is 280 g/mol. The molecule has 3 unspecified atom stereocenters. The van der Waals surface area contributed by atoms with Gasteiger partial charge in [-0.05, 0) is 37.4 Å². The molecule has 112 valence electrons. The number of halogens is 1. The summed E-state index contributed by atoms with van der Waals surface area (Å²) in [6, 6.07) is 5.40. The maximum absolute atomic E-state index is 14.3. The van der Waals surface area contributed by atoms with Crippen LogP contribution in [0.25, 0.3) is 0 Å². The lowest BCUT2D eigenvalue weighted by Crippen LogP contribution is -2.43. The molecule has 0 amide bonds. The average molecular weight is 280 g/mol. The molecule has 1 aliphatic heterocycles. The third-order valence-electron chi connectivity index (χ3n) is 4.17. The number of nitrogens with one attached hydrogen (secondary N) is 1. The molecule has 1 saturated heterocycles. The highest BCUT2D eigenvalue weighted by molar-refractivity contribution is 5.56.